The predicted octanol–water partition coefficient (Wildman–Crippen LogP) is 20.5. The molecular formula is C66H130N2O6P+. The largest absolute Gasteiger partial charge is 0.472 e. The number of likely N-dealkylation sites (N-methyl/N-ethyl adjacent to an activating group) is 1. The minimum absolute atomic E-state index is 0.0634. The number of carbonyl (C=O) groups excluding carboxylic acids is 1. The first-order valence-electron chi connectivity index (χ1n) is 32.9. The highest BCUT2D eigenvalue weighted by molar-refractivity contribution is 7.47. The molecule has 75 heavy (non-hydrogen) atoms. The fourth-order valence-electron chi connectivity index (χ4n) is 9.96. The van der Waals surface area contributed by atoms with Crippen LogP contribution in [-0.4, -0.2) is 73.4 Å². The van der Waals surface area contributed by atoms with Crippen LogP contribution in [0, 0.1) is 0 Å². The fourth-order valence-corrected chi connectivity index (χ4v) is 10.7. The van der Waals surface area contributed by atoms with Gasteiger partial charge in [-0.05, 0) is 51.4 Å². The number of allylic oxidation sites excluding steroid dienone is 5. The number of nitrogens with one attached hydrogen (secondary N) is 1. The van der Waals surface area contributed by atoms with Crippen molar-refractivity contribution >= 4 is 13.7 Å². The standard InChI is InChI=1S/C66H129N2O6P/c1-6-8-10-12-14-16-18-20-22-24-26-28-30-31-32-33-34-35-36-37-38-40-42-44-46-48-50-52-54-56-58-60-66(70)67-64(63-74-75(71,72)73-62-61-68(3,4)5)65(69)59-57-55-53-51-49-47-45-43-41-39-29-27-25-23-21-19-17-15-13-11-9-7-2/h18,20,24,26,57,59,64-65,69H,6-17,19,21-23,25,27-56,58,60-63H2,1-5H3,(H-,67,70,71,72)/p+1/b20-18-,26-24-,59-57+. The van der Waals surface area contributed by atoms with E-state index in [-0.39, 0.29) is 19.1 Å². The summed E-state index contributed by atoms with van der Waals surface area (Å²) in [6.45, 7) is 4.86. The number of phosphoric acid groups is 1. The van der Waals surface area contributed by atoms with Crippen molar-refractivity contribution in [3.63, 3.8) is 0 Å². The minimum Gasteiger partial charge on any atom is -0.387 e. The third kappa shape index (κ3) is 60.2. The van der Waals surface area contributed by atoms with E-state index in [1.165, 1.54) is 270 Å². The van der Waals surface area contributed by atoms with E-state index in [0.717, 1.165) is 38.5 Å². The number of aliphatic hydroxyl groups is 1. The average molecular weight is 1080 g/mol. The number of aliphatic hydroxyl groups excluding tert-OH is 1. The molecule has 0 spiro atoms. The van der Waals surface area contributed by atoms with E-state index in [9.17, 15) is 19.4 Å². The monoisotopic (exact) mass is 1080 g/mol. The Morgan fingerprint density at radius 1 is 0.453 bits per heavy atom. The van der Waals surface area contributed by atoms with Crippen LogP contribution in [0.2, 0.25) is 0 Å². The van der Waals surface area contributed by atoms with Gasteiger partial charge in [0.15, 0.2) is 0 Å². The number of rotatable bonds is 61. The number of phosphoric ester groups is 1. The van der Waals surface area contributed by atoms with Crippen molar-refractivity contribution in [2.45, 2.75) is 341 Å². The lowest BCUT2D eigenvalue weighted by Crippen LogP contribution is -2.45. The molecule has 0 aromatic heterocycles. The third-order valence-electron chi connectivity index (χ3n) is 15.1. The summed E-state index contributed by atoms with van der Waals surface area (Å²) in [7, 11) is 1.59. The van der Waals surface area contributed by atoms with Crippen molar-refractivity contribution in [1.29, 1.82) is 0 Å². The molecule has 444 valence electrons. The Morgan fingerprint density at radius 2 is 0.760 bits per heavy atom. The van der Waals surface area contributed by atoms with Crippen LogP contribution in [0.3, 0.4) is 0 Å². The summed E-state index contributed by atoms with van der Waals surface area (Å²) >= 11 is 0. The summed E-state index contributed by atoms with van der Waals surface area (Å²) in [5.41, 5.74) is 0. The first-order valence-corrected chi connectivity index (χ1v) is 34.4. The molecule has 8 nitrogen and oxygen atoms in total. The zero-order valence-electron chi connectivity index (χ0n) is 50.8. The maximum Gasteiger partial charge on any atom is 0.472 e. The molecule has 0 aliphatic rings. The van der Waals surface area contributed by atoms with Crippen LogP contribution < -0.4 is 5.32 Å². The number of carbonyl (C=O) groups is 1. The summed E-state index contributed by atoms with van der Waals surface area (Å²) in [5.74, 6) is -0.171. The fraction of sp³-hybridized carbons (Fsp3) is 0.894. The molecule has 0 aromatic rings. The van der Waals surface area contributed by atoms with Gasteiger partial charge in [0.25, 0.3) is 0 Å². The first-order chi connectivity index (χ1) is 36.5. The van der Waals surface area contributed by atoms with Crippen molar-refractivity contribution in [3.05, 3.63) is 36.5 Å². The zero-order valence-corrected chi connectivity index (χ0v) is 51.7. The maximum atomic E-state index is 13.0. The predicted molar refractivity (Wildman–Crippen MR) is 328 cm³/mol. The van der Waals surface area contributed by atoms with Crippen LogP contribution in [0.5, 0.6) is 0 Å². The summed E-state index contributed by atoms with van der Waals surface area (Å²) < 4.78 is 23.8. The van der Waals surface area contributed by atoms with E-state index in [0.29, 0.717) is 17.4 Å². The highest BCUT2D eigenvalue weighted by Gasteiger charge is 2.28. The number of hydrogen-bond donors (Lipinski definition) is 3. The molecule has 0 aromatic carbocycles. The van der Waals surface area contributed by atoms with Gasteiger partial charge in [-0.15, -0.1) is 0 Å². The Morgan fingerprint density at radius 3 is 1.09 bits per heavy atom. The van der Waals surface area contributed by atoms with Gasteiger partial charge in [-0.25, -0.2) is 4.57 Å². The summed E-state index contributed by atoms with van der Waals surface area (Å²) in [5, 5.41) is 14.0. The van der Waals surface area contributed by atoms with E-state index >= 15 is 0 Å². The lowest BCUT2D eigenvalue weighted by Gasteiger charge is -2.25. The van der Waals surface area contributed by atoms with Crippen molar-refractivity contribution in [2.75, 3.05) is 40.9 Å². The molecule has 3 atom stereocenters. The lowest BCUT2D eigenvalue weighted by atomic mass is 10.0. The van der Waals surface area contributed by atoms with E-state index in [4.69, 9.17) is 9.05 Å². The SMILES string of the molecule is CCCCCCC/C=C\C/C=C\CCCCCCCCCCCCCCCCCCCCCC(=O)NC(COP(=O)(O)OCC[N+](C)(C)C)C(O)/C=C/CCCCCCCCCCCCCCCCCCCCCC. The van der Waals surface area contributed by atoms with Gasteiger partial charge in [-0.2, -0.15) is 0 Å². The Hall–Kier alpha value is -1.28. The van der Waals surface area contributed by atoms with Crippen LogP contribution in [-0.2, 0) is 18.4 Å². The van der Waals surface area contributed by atoms with E-state index < -0.39 is 20.0 Å². The van der Waals surface area contributed by atoms with Gasteiger partial charge in [0.1, 0.15) is 13.2 Å². The van der Waals surface area contributed by atoms with Crippen molar-refractivity contribution < 1.29 is 32.9 Å². The molecule has 0 bridgehead atoms. The normalized spacial score (nSPS) is 14.0. The molecule has 0 saturated heterocycles. The molecule has 3 N–H and O–H groups in total. The Balaban J connectivity index is 4.07. The van der Waals surface area contributed by atoms with Crippen LogP contribution in [0.1, 0.15) is 328 Å². The molecule has 1 amide bonds. The third-order valence-corrected chi connectivity index (χ3v) is 16.1. The van der Waals surface area contributed by atoms with Gasteiger partial charge in [-0.3, -0.25) is 13.8 Å². The van der Waals surface area contributed by atoms with Gasteiger partial charge in [-0.1, -0.05) is 307 Å². The van der Waals surface area contributed by atoms with E-state index in [1.807, 2.05) is 27.2 Å². The Labute approximate surface area is 467 Å². The van der Waals surface area contributed by atoms with Gasteiger partial charge in [0, 0.05) is 6.42 Å². The minimum atomic E-state index is -4.35. The summed E-state index contributed by atoms with van der Waals surface area (Å²) in [6, 6.07) is -0.846. The Bertz CT molecular complexity index is 1320. The number of amides is 1. The van der Waals surface area contributed by atoms with Crippen LogP contribution >= 0.6 is 7.82 Å². The summed E-state index contributed by atoms with van der Waals surface area (Å²) in [6.07, 6.45) is 75.6. The zero-order chi connectivity index (χ0) is 54.9. The van der Waals surface area contributed by atoms with Crippen LogP contribution in [0.25, 0.3) is 0 Å². The van der Waals surface area contributed by atoms with Crippen LogP contribution in [0.4, 0.5) is 0 Å². The molecular weight excluding hydrogens is 948 g/mol. The van der Waals surface area contributed by atoms with Gasteiger partial charge in [0.2, 0.25) is 5.91 Å². The van der Waals surface area contributed by atoms with Crippen molar-refractivity contribution in [3.8, 4) is 0 Å². The number of nitrogens with zero attached hydrogens (tertiary/aromatic N) is 1. The smallest absolute Gasteiger partial charge is 0.387 e. The van der Waals surface area contributed by atoms with E-state index in [2.05, 4.69) is 43.5 Å². The van der Waals surface area contributed by atoms with Crippen LogP contribution in [0.15, 0.2) is 36.5 Å². The number of quaternary nitrogens is 1. The number of unbranched alkanes of at least 4 members (excludes halogenated alkanes) is 44. The second kappa shape index (κ2) is 57.4. The lowest BCUT2D eigenvalue weighted by molar-refractivity contribution is -0.870. The highest BCUT2D eigenvalue weighted by Crippen LogP contribution is 2.43. The average Bonchev–Trinajstić information content (AvgIpc) is 3.37. The molecule has 0 aliphatic carbocycles. The molecule has 0 saturated carbocycles. The van der Waals surface area contributed by atoms with E-state index in [1.54, 1.807) is 6.08 Å². The second-order valence-electron chi connectivity index (χ2n) is 23.8. The second-order valence-corrected chi connectivity index (χ2v) is 25.3. The maximum absolute atomic E-state index is 13.0. The summed E-state index contributed by atoms with van der Waals surface area (Å²) in [4.78, 5) is 23.4. The van der Waals surface area contributed by atoms with Gasteiger partial charge >= 0.3 is 7.82 Å². The molecule has 0 aliphatic heterocycles. The molecule has 9 heteroatoms. The first kappa shape index (κ1) is 73.7. The van der Waals surface area contributed by atoms with Crippen molar-refractivity contribution in [2.24, 2.45) is 0 Å². The molecule has 0 rings (SSSR count). The molecule has 0 radical (unpaired) electrons. The Kier molecular flexibility index (Phi) is 56.4. The van der Waals surface area contributed by atoms with Gasteiger partial charge < -0.3 is 19.8 Å². The van der Waals surface area contributed by atoms with Crippen molar-refractivity contribution in [1.82, 2.24) is 5.32 Å². The van der Waals surface area contributed by atoms with Gasteiger partial charge in [0.05, 0.1) is 39.9 Å². The highest BCUT2D eigenvalue weighted by atomic mass is 31.2. The number of hydrogen-bond acceptors (Lipinski definition) is 5. The molecule has 0 heterocycles. The quantitative estimate of drug-likeness (QED) is 0.0243. The molecule has 0 fully saturated rings. The topological polar surface area (TPSA) is 105 Å². The molecule has 3 unspecified atom stereocenters.